The molecule has 0 aliphatic carbocycles. The lowest BCUT2D eigenvalue weighted by Gasteiger charge is -1.95. The summed E-state index contributed by atoms with van der Waals surface area (Å²) in [6, 6.07) is 0. The average Bonchev–Trinajstić information content (AvgIpc) is 1.68. The van der Waals surface area contributed by atoms with E-state index in [1.165, 1.54) is 5.54 Å². The van der Waals surface area contributed by atoms with Gasteiger partial charge in [-0.2, -0.15) is 0 Å². The Bertz CT molecular complexity index is 68.4. The van der Waals surface area contributed by atoms with Crippen LogP contribution in [0, 0.1) is 0 Å². The monoisotopic (exact) mass is 121 g/mol. The van der Waals surface area contributed by atoms with Crippen LogP contribution in [0.1, 0.15) is 6.92 Å². The molecule has 1 N–H and O–H groups in total. The Labute approximate surface area is 46.8 Å². The molecule has 0 spiro atoms. The second kappa shape index (κ2) is 4.52. The summed E-state index contributed by atoms with van der Waals surface area (Å²) in [7, 11) is 0. The van der Waals surface area contributed by atoms with Crippen molar-refractivity contribution in [3.8, 4) is 0 Å². The molecule has 0 atom stereocenters. The third kappa shape index (κ3) is 3.55. The van der Waals surface area contributed by atoms with Crippen LogP contribution in [0.15, 0.2) is 0 Å². The number of esters is 1. The minimum atomic E-state index is -0.574. The SMILES string of the molecule is CCOC(=O)CNF. The maximum atomic E-state index is 11.0. The third-order valence-corrected chi connectivity index (χ3v) is 0.516. The zero-order chi connectivity index (χ0) is 6.41. The van der Waals surface area contributed by atoms with Gasteiger partial charge in [-0.05, 0) is 6.92 Å². The van der Waals surface area contributed by atoms with Crippen LogP contribution in [0.4, 0.5) is 4.48 Å². The predicted molar refractivity (Wildman–Crippen MR) is 25.7 cm³/mol. The van der Waals surface area contributed by atoms with Crippen LogP contribution in [0.25, 0.3) is 0 Å². The van der Waals surface area contributed by atoms with Gasteiger partial charge in [-0.25, -0.2) is 0 Å². The van der Waals surface area contributed by atoms with Crippen LogP contribution in [0.5, 0.6) is 0 Å². The smallest absolute Gasteiger partial charge is 0.322 e. The van der Waals surface area contributed by atoms with Crippen molar-refractivity contribution in [2.45, 2.75) is 6.92 Å². The molecule has 0 aromatic carbocycles. The second-order valence-electron chi connectivity index (χ2n) is 1.12. The molecule has 0 radical (unpaired) electrons. The summed E-state index contributed by atoms with van der Waals surface area (Å²) in [6.45, 7) is 1.59. The summed E-state index contributed by atoms with van der Waals surface area (Å²) in [5.41, 5.74) is 1.18. The molecule has 4 heteroatoms. The van der Waals surface area contributed by atoms with Gasteiger partial charge in [0, 0.05) is 0 Å². The molecule has 8 heavy (non-hydrogen) atoms. The molecular formula is C4H8FNO2. The number of hydrogen-bond donors (Lipinski definition) is 1. The van der Waals surface area contributed by atoms with Gasteiger partial charge in [0.2, 0.25) is 0 Å². The van der Waals surface area contributed by atoms with Crippen LogP contribution in [-0.4, -0.2) is 19.1 Å². The summed E-state index contributed by atoms with van der Waals surface area (Å²) < 4.78 is 15.4. The molecule has 0 unspecified atom stereocenters. The highest BCUT2D eigenvalue weighted by Crippen LogP contribution is 1.73. The highest BCUT2D eigenvalue weighted by molar-refractivity contribution is 5.71. The number of rotatable bonds is 3. The van der Waals surface area contributed by atoms with E-state index in [1.807, 2.05) is 0 Å². The number of ether oxygens (including phenoxy) is 1. The van der Waals surface area contributed by atoms with Crippen LogP contribution < -0.4 is 5.54 Å². The van der Waals surface area contributed by atoms with E-state index < -0.39 is 5.97 Å². The van der Waals surface area contributed by atoms with Crippen molar-refractivity contribution in [3.63, 3.8) is 0 Å². The van der Waals surface area contributed by atoms with Gasteiger partial charge in [0.1, 0.15) is 6.54 Å². The normalized spacial score (nSPS) is 8.75. The van der Waals surface area contributed by atoms with Crippen molar-refractivity contribution in [2.75, 3.05) is 13.2 Å². The van der Waals surface area contributed by atoms with Crippen molar-refractivity contribution >= 4 is 5.97 Å². The highest BCUT2D eigenvalue weighted by atomic mass is 19.2. The molecule has 0 saturated heterocycles. The van der Waals surface area contributed by atoms with Crippen LogP contribution >= 0.6 is 0 Å². The molecule has 0 bridgehead atoms. The molecule has 3 nitrogen and oxygen atoms in total. The van der Waals surface area contributed by atoms with Crippen LogP contribution in [0.3, 0.4) is 0 Å². The maximum Gasteiger partial charge on any atom is 0.322 e. The quantitative estimate of drug-likeness (QED) is 0.422. The largest absolute Gasteiger partial charge is 0.465 e. The van der Waals surface area contributed by atoms with E-state index >= 15 is 0 Å². The van der Waals surface area contributed by atoms with Gasteiger partial charge in [0.15, 0.2) is 0 Å². The van der Waals surface area contributed by atoms with Crippen LogP contribution in [-0.2, 0) is 9.53 Å². The lowest BCUT2D eigenvalue weighted by atomic mass is 10.7. The Kier molecular flexibility index (Phi) is 4.16. The Morgan fingerprint density at radius 1 is 1.88 bits per heavy atom. The molecule has 0 aromatic heterocycles. The Morgan fingerprint density at radius 2 is 2.50 bits per heavy atom. The first-order valence-electron chi connectivity index (χ1n) is 2.30. The lowest BCUT2D eigenvalue weighted by Crippen LogP contribution is -2.17. The molecule has 0 aromatic rings. The Hall–Kier alpha value is -0.640. The lowest BCUT2D eigenvalue weighted by molar-refractivity contribution is -0.142. The van der Waals surface area contributed by atoms with Crippen molar-refractivity contribution in [1.29, 1.82) is 0 Å². The van der Waals surface area contributed by atoms with E-state index in [9.17, 15) is 9.28 Å². The minimum Gasteiger partial charge on any atom is -0.465 e. The number of carbonyl (C=O) groups excluding carboxylic acids is 1. The van der Waals surface area contributed by atoms with Gasteiger partial charge in [0.05, 0.1) is 6.61 Å². The fourth-order valence-corrected chi connectivity index (χ4v) is 0.267. The van der Waals surface area contributed by atoms with E-state index in [0.717, 1.165) is 0 Å². The first-order chi connectivity index (χ1) is 3.81. The summed E-state index contributed by atoms with van der Waals surface area (Å²) in [4.78, 5) is 10.1. The number of halogens is 1. The zero-order valence-electron chi connectivity index (χ0n) is 4.61. The number of nitrogens with one attached hydrogen (secondary N) is 1. The van der Waals surface area contributed by atoms with Crippen molar-refractivity contribution in [2.24, 2.45) is 0 Å². The topological polar surface area (TPSA) is 38.3 Å². The molecule has 0 amide bonds. The van der Waals surface area contributed by atoms with E-state index in [4.69, 9.17) is 0 Å². The molecule has 0 aliphatic heterocycles. The van der Waals surface area contributed by atoms with Crippen molar-refractivity contribution < 1.29 is 14.0 Å². The van der Waals surface area contributed by atoms with Gasteiger partial charge in [0.25, 0.3) is 0 Å². The molecule has 48 valence electrons. The van der Waals surface area contributed by atoms with Gasteiger partial charge >= 0.3 is 5.97 Å². The molecule has 0 heterocycles. The van der Waals surface area contributed by atoms with E-state index in [0.29, 0.717) is 6.61 Å². The summed E-state index contributed by atoms with van der Waals surface area (Å²) in [6.07, 6.45) is 0. The summed E-state index contributed by atoms with van der Waals surface area (Å²) >= 11 is 0. The molecule has 0 rings (SSSR count). The van der Waals surface area contributed by atoms with Crippen LogP contribution in [0.2, 0.25) is 0 Å². The summed E-state index contributed by atoms with van der Waals surface area (Å²) in [5.74, 6) is -0.574. The maximum absolute atomic E-state index is 11.0. The fraction of sp³-hybridized carbons (Fsp3) is 0.750. The highest BCUT2D eigenvalue weighted by Gasteiger charge is 1.96. The van der Waals surface area contributed by atoms with Crippen molar-refractivity contribution in [3.05, 3.63) is 0 Å². The first-order valence-corrected chi connectivity index (χ1v) is 2.30. The molecule has 0 fully saturated rings. The Balaban J connectivity index is 3.06. The second-order valence-corrected chi connectivity index (χ2v) is 1.12. The first kappa shape index (κ1) is 7.36. The fourth-order valence-electron chi connectivity index (χ4n) is 0.267. The number of carbonyl (C=O) groups is 1. The molecular weight excluding hydrogens is 113 g/mol. The van der Waals surface area contributed by atoms with E-state index in [2.05, 4.69) is 4.74 Å². The standard InChI is InChI=1S/C4H8FNO2/c1-2-8-4(7)3-6-5/h6H,2-3H2,1H3. The van der Waals surface area contributed by atoms with E-state index in [1.54, 1.807) is 6.92 Å². The van der Waals surface area contributed by atoms with Gasteiger partial charge < -0.3 is 4.74 Å². The van der Waals surface area contributed by atoms with Gasteiger partial charge in [-0.15, -0.1) is 10.0 Å². The van der Waals surface area contributed by atoms with Gasteiger partial charge in [-0.1, -0.05) is 0 Å². The third-order valence-electron chi connectivity index (χ3n) is 0.516. The Morgan fingerprint density at radius 3 is 2.88 bits per heavy atom. The van der Waals surface area contributed by atoms with Gasteiger partial charge in [-0.3, -0.25) is 4.79 Å². The van der Waals surface area contributed by atoms with Crippen molar-refractivity contribution in [1.82, 2.24) is 5.54 Å². The minimum absolute atomic E-state index is 0.292. The summed E-state index contributed by atoms with van der Waals surface area (Å²) in [5, 5.41) is 0. The zero-order valence-corrected chi connectivity index (χ0v) is 4.61. The molecule has 0 aliphatic rings. The number of hydrogen-bond acceptors (Lipinski definition) is 3. The average molecular weight is 121 g/mol. The van der Waals surface area contributed by atoms with E-state index in [-0.39, 0.29) is 6.54 Å². The molecule has 0 saturated carbocycles. The predicted octanol–water partition coefficient (Wildman–Crippen LogP) is 0.0236.